The largest absolute Gasteiger partial charge is 0.130 e. The molecule has 0 spiro atoms. The van der Waals surface area contributed by atoms with Crippen molar-refractivity contribution in [3.8, 4) is 0 Å². The van der Waals surface area contributed by atoms with Gasteiger partial charge in [-0.3, -0.25) is 0 Å². The van der Waals surface area contributed by atoms with E-state index in [9.17, 15) is 0 Å². The summed E-state index contributed by atoms with van der Waals surface area (Å²) in [5.74, 6) is 0. The first kappa shape index (κ1) is 6.64. The molecule has 0 bridgehead atoms. The molecule has 1 aliphatic rings. The lowest BCUT2D eigenvalue weighted by Gasteiger charge is -1.93. The maximum absolute atomic E-state index is 3.18. The highest BCUT2D eigenvalue weighted by molar-refractivity contribution is 4.85. The van der Waals surface area contributed by atoms with E-state index >= 15 is 0 Å². The molecule has 0 radical (unpaired) electrons. The van der Waals surface area contributed by atoms with Gasteiger partial charge in [-0.05, 0) is 37.8 Å². The molecule has 0 N–H and O–H groups in total. The Morgan fingerprint density at radius 3 is 1.89 bits per heavy atom. The molecule has 0 heteroatoms. The van der Waals surface area contributed by atoms with Crippen LogP contribution < -0.4 is 0 Å². The molecule has 0 nitrogen and oxygen atoms in total. The molecule has 1 aliphatic carbocycles. The lowest BCUT2D eigenvalue weighted by Crippen LogP contribution is -1.73. The van der Waals surface area contributed by atoms with Crippen LogP contribution in [0.15, 0.2) is 17.9 Å². The van der Waals surface area contributed by atoms with Crippen LogP contribution in [-0.4, -0.2) is 0 Å². The first-order valence-corrected chi connectivity index (χ1v) is 3.89. The smallest absolute Gasteiger partial charge is 0.0274 e. The van der Waals surface area contributed by atoms with Crippen LogP contribution in [0.2, 0.25) is 0 Å². The van der Waals surface area contributed by atoms with Crippen molar-refractivity contribution in [1.29, 1.82) is 0 Å². The van der Waals surface area contributed by atoms with Crippen LogP contribution in [0.5, 0.6) is 0 Å². The monoisotopic (exact) mass is 122 g/mol. The van der Waals surface area contributed by atoms with E-state index in [1.54, 1.807) is 0 Å². The first-order valence-electron chi connectivity index (χ1n) is 3.89. The van der Waals surface area contributed by atoms with Gasteiger partial charge < -0.3 is 0 Å². The zero-order valence-corrected chi connectivity index (χ0v) is 5.90. The molecule has 0 unspecified atom stereocenters. The Labute approximate surface area is 57.3 Å². The summed E-state index contributed by atoms with van der Waals surface area (Å²) in [6.07, 6.45) is 12.3. The summed E-state index contributed by atoms with van der Waals surface area (Å²) in [7, 11) is 0. The molecule has 0 heterocycles. The van der Waals surface area contributed by atoms with E-state index in [0.29, 0.717) is 0 Å². The van der Waals surface area contributed by atoms with Crippen molar-refractivity contribution in [3.63, 3.8) is 0 Å². The van der Waals surface area contributed by atoms with Gasteiger partial charge in [-0.1, -0.05) is 12.8 Å². The van der Waals surface area contributed by atoms with Crippen LogP contribution in [0.1, 0.15) is 38.5 Å². The van der Waals surface area contributed by atoms with Crippen molar-refractivity contribution in [2.75, 3.05) is 0 Å². The summed E-state index contributed by atoms with van der Waals surface area (Å²) in [5, 5.41) is 0. The number of hydrogen-bond donors (Lipinski definition) is 0. The summed E-state index contributed by atoms with van der Waals surface area (Å²) in [6, 6.07) is 0. The number of rotatable bonds is 0. The fourth-order valence-corrected chi connectivity index (χ4v) is 1.10. The zero-order chi connectivity index (χ0) is 6.36. The van der Waals surface area contributed by atoms with Crippen molar-refractivity contribution in [2.24, 2.45) is 0 Å². The Balaban J connectivity index is 2.29. The van der Waals surface area contributed by atoms with Gasteiger partial charge in [0.15, 0.2) is 0 Å². The molecule has 0 aromatic heterocycles. The molecule has 0 atom stereocenters. The molecule has 0 saturated heterocycles. The molecule has 0 saturated carbocycles. The highest BCUT2D eigenvalue weighted by atomic mass is 13.9. The van der Waals surface area contributed by atoms with Gasteiger partial charge in [0.05, 0.1) is 0 Å². The summed E-state index contributed by atoms with van der Waals surface area (Å²) in [6.45, 7) is 0. The first-order chi connectivity index (χ1) is 4.50. The minimum absolute atomic E-state index is 1.23. The van der Waals surface area contributed by atoms with Crippen molar-refractivity contribution in [1.82, 2.24) is 0 Å². The highest BCUT2D eigenvalue weighted by Crippen LogP contribution is 2.07. The molecule has 0 aromatic rings. The molecule has 0 aromatic carbocycles. The molecule has 0 aliphatic heterocycles. The fourth-order valence-electron chi connectivity index (χ4n) is 1.10. The molecule has 1 rings (SSSR count). The van der Waals surface area contributed by atoms with Gasteiger partial charge in [0.2, 0.25) is 0 Å². The number of hydrogen-bond acceptors (Lipinski definition) is 0. The van der Waals surface area contributed by atoms with Crippen molar-refractivity contribution >= 4 is 0 Å². The molecule has 9 heavy (non-hydrogen) atoms. The van der Waals surface area contributed by atoms with Crippen LogP contribution in [0, 0.1) is 0 Å². The van der Waals surface area contributed by atoms with E-state index in [2.05, 4.69) is 17.9 Å². The number of allylic oxidation sites excluding steroid dienone is 1. The van der Waals surface area contributed by atoms with Gasteiger partial charge in [-0.25, -0.2) is 0 Å². The highest BCUT2D eigenvalue weighted by Gasteiger charge is 1.88. The Hall–Kier alpha value is -0.480. The summed E-state index contributed by atoms with van der Waals surface area (Å²) >= 11 is 0. The second kappa shape index (κ2) is 4.40. The van der Waals surface area contributed by atoms with Crippen molar-refractivity contribution < 1.29 is 0 Å². The van der Waals surface area contributed by atoms with E-state index in [-0.39, 0.29) is 0 Å². The van der Waals surface area contributed by atoms with Crippen LogP contribution >= 0.6 is 0 Å². The van der Waals surface area contributed by atoms with Crippen LogP contribution in [-0.2, 0) is 0 Å². The molecular formula is C9H14. The van der Waals surface area contributed by atoms with Gasteiger partial charge in [0.25, 0.3) is 0 Å². The van der Waals surface area contributed by atoms with E-state index in [0.717, 1.165) is 0 Å². The molecular weight excluding hydrogens is 108 g/mol. The SMILES string of the molecule is C1=CCCCCCCC=1. The van der Waals surface area contributed by atoms with E-state index < -0.39 is 0 Å². The normalized spacial score (nSPS) is 20.4. The van der Waals surface area contributed by atoms with Crippen molar-refractivity contribution in [2.45, 2.75) is 38.5 Å². The lowest BCUT2D eigenvalue weighted by atomic mass is 10.1. The lowest BCUT2D eigenvalue weighted by molar-refractivity contribution is 0.656. The fraction of sp³-hybridized carbons (Fsp3) is 0.667. The zero-order valence-electron chi connectivity index (χ0n) is 5.90. The average Bonchev–Trinajstić information content (AvgIpc) is 2.00. The minimum Gasteiger partial charge on any atom is -0.130 e. The molecule has 0 amide bonds. The Morgan fingerprint density at radius 2 is 1.33 bits per heavy atom. The maximum atomic E-state index is 3.18. The standard InChI is InChI=1S/C9H14/c1-2-4-6-8-9-7-5-3-1/h1,5H,2,4,6-9H2. The van der Waals surface area contributed by atoms with Crippen molar-refractivity contribution in [3.05, 3.63) is 17.9 Å². The molecule has 0 fully saturated rings. The van der Waals surface area contributed by atoms with Gasteiger partial charge in [-0.15, -0.1) is 5.73 Å². The Morgan fingerprint density at radius 1 is 0.778 bits per heavy atom. The third-order valence-electron chi connectivity index (χ3n) is 1.68. The predicted molar refractivity (Wildman–Crippen MR) is 40.4 cm³/mol. The average molecular weight is 122 g/mol. The van der Waals surface area contributed by atoms with Crippen LogP contribution in [0.3, 0.4) is 0 Å². The Bertz CT molecular complexity index is 104. The summed E-state index contributed by atoms with van der Waals surface area (Å²) in [5.41, 5.74) is 3.18. The Kier molecular flexibility index (Phi) is 3.25. The minimum atomic E-state index is 1.23. The summed E-state index contributed by atoms with van der Waals surface area (Å²) < 4.78 is 0. The van der Waals surface area contributed by atoms with E-state index in [1.807, 2.05) is 0 Å². The topological polar surface area (TPSA) is 0 Å². The van der Waals surface area contributed by atoms with Gasteiger partial charge in [0.1, 0.15) is 0 Å². The second-order valence-electron chi connectivity index (χ2n) is 2.57. The van der Waals surface area contributed by atoms with E-state index in [4.69, 9.17) is 0 Å². The predicted octanol–water partition coefficient (Wildman–Crippen LogP) is 3.05. The van der Waals surface area contributed by atoms with Crippen LogP contribution in [0.4, 0.5) is 0 Å². The van der Waals surface area contributed by atoms with E-state index in [1.165, 1.54) is 38.5 Å². The van der Waals surface area contributed by atoms with Gasteiger partial charge in [-0.2, -0.15) is 0 Å². The quantitative estimate of drug-likeness (QED) is 0.433. The summed E-state index contributed by atoms with van der Waals surface area (Å²) in [4.78, 5) is 0. The van der Waals surface area contributed by atoms with Crippen LogP contribution in [0.25, 0.3) is 0 Å². The van der Waals surface area contributed by atoms with Gasteiger partial charge >= 0.3 is 0 Å². The molecule has 50 valence electrons. The maximum Gasteiger partial charge on any atom is -0.0274 e. The van der Waals surface area contributed by atoms with Gasteiger partial charge in [0, 0.05) is 0 Å². The third kappa shape index (κ3) is 3.16. The third-order valence-corrected chi connectivity index (χ3v) is 1.68. The second-order valence-corrected chi connectivity index (χ2v) is 2.57.